The number of hydrogen-bond acceptors (Lipinski definition) is 4. The van der Waals surface area contributed by atoms with E-state index >= 15 is 0 Å². The molecule has 0 aromatic heterocycles. The second kappa shape index (κ2) is 6.47. The van der Waals surface area contributed by atoms with E-state index < -0.39 is 11.5 Å². The van der Waals surface area contributed by atoms with Crippen LogP contribution in [0.2, 0.25) is 0 Å². The summed E-state index contributed by atoms with van der Waals surface area (Å²) in [4.78, 5) is 11.4. The van der Waals surface area contributed by atoms with E-state index in [2.05, 4.69) is 5.32 Å². The fourth-order valence-electron chi connectivity index (χ4n) is 1.95. The minimum Gasteiger partial charge on any atom is -0.480 e. The molecular weight excluding hydrogens is 226 g/mol. The van der Waals surface area contributed by atoms with E-state index in [9.17, 15) is 9.90 Å². The maximum absolute atomic E-state index is 11.4. The van der Waals surface area contributed by atoms with Crippen LogP contribution in [0.25, 0.3) is 0 Å². The second-order valence-corrected chi connectivity index (χ2v) is 5.43. The molecule has 94 valence electrons. The molecule has 1 fully saturated rings. The van der Waals surface area contributed by atoms with Crippen molar-refractivity contribution in [3.8, 4) is 0 Å². The minimum absolute atomic E-state index is 0.0825. The van der Waals surface area contributed by atoms with Gasteiger partial charge in [-0.1, -0.05) is 0 Å². The third-order valence-electron chi connectivity index (χ3n) is 2.85. The molecule has 5 heteroatoms. The van der Waals surface area contributed by atoms with Crippen molar-refractivity contribution in [1.29, 1.82) is 0 Å². The first-order chi connectivity index (χ1) is 7.60. The summed E-state index contributed by atoms with van der Waals surface area (Å²) in [5.41, 5.74) is -0.734. The topological polar surface area (TPSA) is 58.6 Å². The third-order valence-corrected chi connectivity index (χ3v) is 3.84. The SMILES string of the molecule is CCOCC(C)NC1(C(=O)O)CCSCC1. The highest BCUT2D eigenvalue weighted by molar-refractivity contribution is 7.99. The van der Waals surface area contributed by atoms with E-state index in [0.29, 0.717) is 26.1 Å². The van der Waals surface area contributed by atoms with Gasteiger partial charge in [-0.3, -0.25) is 10.1 Å². The largest absolute Gasteiger partial charge is 0.480 e. The van der Waals surface area contributed by atoms with Gasteiger partial charge in [-0.05, 0) is 38.2 Å². The van der Waals surface area contributed by atoms with Gasteiger partial charge in [0.25, 0.3) is 0 Å². The highest BCUT2D eigenvalue weighted by Gasteiger charge is 2.40. The maximum atomic E-state index is 11.4. The summed E-state index contributed by atoms with van der Waals surface area (Å²) in [6.07, 6.45) is 1.40. The van der Waals surface area contributed by atoms with Crippen LogP contribution >= 0.6 is 11.8 Å². The van der Waals surface area contributed by atoms with Crippen LogP contribution in [0.3, 0.4) is 0 Å². The van der Waals surface area contributed by atoms with Gasteiger partial charge in [0, 0.05) is 12.6 Å². The fourth-order valence-corrected chi connectivity index (χ4v) is 3.14. The van der Waals surface area contributed by atoms with E-state index in [0.717, 1.165) is 11.5 Å². The molecule has 2 N–H and O–H groups in total. The molecule has 4 nitrogen and oxygen atoms in total. The number of rotatable bonds is 6. The molecule has 0 aromatic carbocycles. The predicted molar refractivity (Wildman–Crippen MR) is 66.0 cm³/mol. The predicted octanol–water partition coefficient (Wildman–Crippen LogP) is 1.35. The number of carbonyl (C=O) groups is 1. The summed E-state index contributed by atoms with van der Waals surface area (Å²) in [7, 11) is 0. The van der Waals surface area contributed by atoms with Crippen molar-refractivity contribution >= 4 is 17.7 Å². The van der Waals surface area contributed by atoms with Gasteiger partial charge in [0.05, 0.1) is 6.61 Å². The van der Waals surface area contributed by atoms with Gasteiger partial charge >= 0.3 is 5.97 Å². The lowest BCUT2D eigenvalue weighted by molar-refractivity contribution is -0.145. The quantitative estimate of drug-likeness (QED) is 0.742. The van der Waals surface area contributed by atoms with Crippen LogP contribution in [0.5, 0.6) is 0 Å². The van der Waals surface area contributed by atoms with Gasteiger partial charge < -0.3 is 9.84 Å². The summed E-state index contributed by atoms with van der Waals surface area (Å²) in [6, 6.07) is 0.0825. The minimum atomic E-state index is -0.734. The van der Waals surface area contributed by atoms with Crippen LogP contribution in [0, 0.1) is 0 Å². The summed E-state index contributed by atoms with van der Waals surface area (Å²) in [5, 5.41) is 12.6. The molecule has 1 atom stereocenters. The Morgan fingerprint density at radius 1 is 1.56 bits per heavy atom. The molecule has 1 heterocycles. The Labute approximate surface area is 101 Å². The Kier molecular flexibility index (Phi) is 5.58. The Morgan fingerprint density at radius 2 is 2.19 bits per heavy atom. The number of carboxylic acids is 1. The van der Waals surface area contributed by atoms with E-state index in [1.165, 1.54) is 0 Å². The summed E-state index contributed by atoms with van der Waals surface area (Å²) in [6.45, 7) is 5.15. The lowest BCUT2D eigenvalue weighted by Crippen LogP contribution is -2.58. The number of thioether (sulfide) groups is 1. The summed E-state index contributed by atoms with van der Waals surface area (Å²) >= 11 is 1.82. The Bertz CT molecular complexity index is 229. The number of hydrogen-bond donors (Lipinski definition) is 2. The first-order valence-corrected chi connectivity index (χ1v) is 6.93. The normalized spacial score (nSPS) is 21.6. The number of ether oxygens (including phenoxy) is 1. The zero-order valence-electron chi connectivity index (χ0n) is 9.99. The molecule has 0 amide bonds. The fraction of sp³-hybridized carbons (Fsp3) is 0.909. The van der Waals surface area contributed by atoms with Crippen molar-refractivity contribution in [2.75, 3.05) is 24.7 Å². The zero-order valence-corrected chi connectivity index (χ0v) is 10.8. The molecule has 1 rings (SSSR count). The number of nitrogens with one attached hydrogen (secondary N) is 1. The summed E-state index contributed by atoms with van der Waals surface area (Å²) in [5.74, 6) is 1.11. The third kappa shape index (κ3) is 3.64. The molecule has 0 saturated carbocycles. The smallest absolute Gasteiger partial charge is 0.323 e. The first-order valence-electron chi connectivity index (χ1n) is 5.77. The van der Waals surface area contributed by atoms with Gasteiger partial charge in [0.15, 0.2) is 0 Å². The average Bonchev–Trinajstić information content (AvgIpc) is 2.27. The number of aliphatic carboxylic acids is 1. The molecule has 0 radical (unpaired) electrons. The molecule has 1 unspecified atom stereocenters. The molecule has 1 aliphatic heterocycles. The second-order valence-electron chi connectivity index (χ2n) is 4.20. The van der Waals surface area contributed by atoms with Crippen molar-refractivity contribution in [3.05, 3.63) is 0 Å². The van der Waals surface area contributed by atoms with E-state index in [1.807, 2.05) is 25.6 Å². The first kappa shape index (κ1) is 13.8. The van der Waals surface area contributed by atoms with Crippen LogP contribution < -0.4 is 5.32 Å². The van der Waals surface area contributed by atoms with Gasteiger partial charge in [-0.25, -0.2) is 0 Å². The Hall–Kier alpha value is -0.260. The molecule has 0 bridgehead atoms. The molecule has 0 spiro atoms. The van der Waals surface area contributed by atoms with Crippen molar-refractivity contribution in [2.45, 2.75) is 38.3 Å². The lowest BCUT2D eigenvalue weighted by atomic mass is 9.91. The molecular formula is C11H21NO3S. The maximum Gasteiger partial charge on any atom is 0.323 e. The highest BCUT2D eigenvalue weighted by atomic mass is 32.2. The van der Waals surface area contributed by atoms with Crippen LogP contribution in [0.4, 0.5) is 0 Å². The van der Waals surface area contributed by atoms with Crippen LogP contribution in [0.1, 0.15) is 26.7 Å². The Morgan fingerprint density at radius 3 is 2.69 bits per heavy atom. The van der Waals surface area contributed by atoms with Crippen LogP contribution in [-0.2, 0) is 9.53 Å². The Balaban J connectivity index is 2.53. The molecule has 0 aromatic rings. The molecule has 1 aliphatic rings. The number of carboxylic acid groups (broad SMARTS) is 1. The zero-order chi connectivity index (χ0) is 12.0. The van der Waals surface area contributed by atoms with E-state index in [1.54, 1.807) is 0 Å². The average molecular weight is 247 g/mol. The summed E-state index contributed by atoms with van der Waals surface area (Å²) < 4.78 is 5.30. The van der Waals surface area contributed by atoms with Gasteiger partial charge in [-0.2, -0.15) is 11.8 Å². The van der Waals surface area contributed by atoms with E-state index in [-0.39, 0.29) is 6.04 Å². The molecule has 16 heavy (non-hydrogen) atoms. The van der Waals surface area contributed by atoms with Gasteiger partial charge in [-0.15, -0.1) is 0 Å². The van der Waals surface area contributed by atoms with Gasteiger partial charge in [0.1, 0.15) is 5.54 Å². The highest BCUT2D eigenvalue weighted by Crippen LogP contribution is 2.27. The van der Waals surface area contributed by atoms with Crippen molar-refractivity contribution in [2.24, 2.45) is 0 Å². The monoisotopic (exact) mass is 247 g/mol. The molecule has 1 saturated heterocycles. The van der Waals surface area contributed by atoms with Crippen LogP contribution in [-0.4, -0.2) is 47.4 Å². The van der Waals surface area contributed by atoms with Crippen LogP contribution in [0.15, 0.2) is 0 Å². The lowest BCUT2D eigenvalue weighted by Gasteiger charge is -2.36. The van der Waals surface area contributed by atoms with Crippen molar-refractivity contribution in [1.82, 2.24) is 5.32 Å². The van der Waals surface area contributed by atoms with E-state index in [4.69, 9.17) is 4.74 Å². The van der Waals surface area contributed by atoms with Gasteiger partial charge in [0.2, 0.25) is 0 Å². The standard InChI is InChI=1S/C11H21NO3S/c1-3-15-8-9(2)12-11(10(13)14)4-6-16-7-5-11/h9,12H,3-8H2,1-2H3,(H,13,14). The molecule has 0 aliphatic carbocycles. The van der Waals surface area contributed by atoms with Crippen molar-refractivity contribution in [3.63, 3.8) is 0 Å². The van der Waals surface area contributed by atoms with Crippen molar-refractivity contribution < 1.29 is 14.6 Å².